The lowest BCUT2D eigenvalue weighted by Gasteiger charge is -2.22. The third-order valence-electron chi connectivity index (χ3n) is 4.36. The molecule has 0 bridgehead atoms. The van der Waals surface area contributed by atoms with E-state index in [-0.39, 0.29) is 18.3 Å². The average molecular weight is 357 g/mol. The lowest BCUT2D eigenvalue weighted by Crippen LogP contribution is -2.35. The van der Waals surface area contributed by atoms with E-state index in [0.717, 1.165) is 25.9 Å². The Bertz CT molecular complexity index is 740. The molecule has 0 radical (unpaired) electrons. The van der Waals surface area contributed by atoms with Crippen LogP contribution in [0, 0.1) is 0 Å². The number of rotatable bonds is 6. The molecule has 8 heteroatoms. The quantitative estimate of drug-likeness (QED) is 0.755. The van der Waals surface area contributed by atoms with Crippen LogP contribution in [0.2, 0.25) is 0 Å². The third kappa shape index (κ3) is 4.26. The molecule has 3 rings (SSSR count). The van der Waals surface area contributed by atoms with Crippen LogP contribution in [0.5, 0.6) is 0 Å². The second kappa shape index (κ2) is 8.57. The summed E-state index contributed by atoms with van der Waals surface area (Å²) in [6, 6.07) is 8.36. The minimum absolute atomic E-state index is 0.189. The van der Waals surface area contributed by atoms with E-state index in [2.05, 4.69) is 20.9 Å². The number of nitrogens with one attached hydrogen (secondary N) is 2. The van der Waals surface area contributed by atoms with E-state index >= 15 is 0 Å². The molecule has 1 aliphatic rings. The van der Waals surface area contributed by atoms with Crippen LogP contribution in [-0.2, 0) is 9.53 Å². The minimum Gasteiger partial charge on any atom is -0.464 e. The number of piperidine rings is 1. The molecule has 0 saturated carbocycles. The lowest BCUT2D eigenvalue weighted by molar-refractivity contribution is -0.145. The number of hydrogen-bond acceptors (Lipinski definition) is 6. The van der Waals surface area contributed by atoms with Gasteiger partial charge in [-0.15, -0.1) is 5.10 Å². The highest BCUT2D eigenvalue weighted by Crippen LogP contribution is 2.18. The molecule has 2 aromatic rings. The van der Waals surface area contributed by atoms with Crippen molar-refractivity contribution in [3.63, 3.8) is 0 Å². The Morgan fingerprint density at radius 3 is 2.73 bits per heavy atom. The summed E-state index contributed by atoms with van der Waals surface area (Å²) in [6.07, 6.45) is 3.53. The molecule has 0 spiro atoms. The average Bonchev–Trinajstić information content (AvgIpc) is 3.18. The Morgan fingerprint density at radius 2 is 2.04 bits per heavy atom. The monoisotopic (exact) mass is 357 g/mol. The summed E-state index contributed by atoms with van der Waals surface area (Å²) in [4.78, 5) is 24.9. The Labute approximate surface area is 151 Å². The van der Waals surface area contributed by atoms with Crippen molar-refractivity contribution in [3.8, 4) is 0 Å². The number of benzene rings is 1. The van der Waals surface area contributed by atoms with Crippen LogP contribution in [-0.4, -0.2) is 46.6 Å². The SMILES string of the molecule is CCOC(=O)[C@H](NC(=O)c1cn(C2CCNCC2)nn1)c1ccccc1. The van der Waals surface area contributed by atoms with Crippen molar-refractivity contribution >= 4 is 11.9 Å². The van der Waals surface area contributed by atoms with Gasteiger partial charge >= 0.3 is 5.97 Å². The highest BCUT2D eigenvalue weighted by Gasteiger charge is 2.26. The van der Waals surface area contributed by atoms with E-state index in [4.69, 9.17) is 4.74 Å². The van der Waals surface area contributed by atoms with Crippen molar-refractivity contribution in [1.29, 1.82) is 0 Å². The Morgan fingerprint density at radius 1 is 1.31 bits per heavy atom. The summed E-state index contributed by atoms with van der Waals surface area (Å²) in [7, 11) is 0. The Balaban J connectivity index is 1.73. The van der Waals surface area contributed by atoms with Crippen LogP contribution in [0.3, 0.4) is 0 Å². The number of hydrogen-bond donors (Lipinski definition) is 2. The highest BCUT2D eigenvalue weighted by atomic mass is 16.5. The standard InChI is InChI=1S/C18H23N5O3/c1-2-26-18(25)16(13-6-4-3-5-7-13)20-17(24)15-12-23(22-21-15)14-8-10-19-11-9-14/h3-7,12,14,16,19H,2,8-11H2,1H3,(H,20,24)/t16-/m1/s1. The van der Waals surface area contributed by atoms with Gasteiger partial charge in [-0.1, -0.05) is 35.5 Å². The summed E-state index contributed by atoms with van der Waals surface area (Å²) in [5.74, 6) is -0.954. The summed E-state index contributed by atoms with van der Waals surface area (Å²) < 4.78 is 6.83. The molecule has 2 N–H and O–H groups in total. The van der Waals surface area contributed by atoms with Gasteiger partial charge in [-0.2, -0.15) is 0 Å². The molecule has 1 saturated heterocycles. The van der Waals surface area contributed by atoms with Gasteiger partial charge in [-0.25, -0.2) is 9.48 Å². The van der Waals surface area contributed by atoms with Gasteiger partial charge in [0.05, 0.1) is 18.8 Å². The smallest absolute Gasteiger partial charge is 0.333 e. The van der Waals surface area contributed by atoms with E-state index in [1.54, 1.807) is 42.1 Å². The van der Waals surface area contributed by atoms with Crippen molar-refractivity contribution in [1.82, 2.24) is 25.6 Å². The Kier molecular flexibility index (Phi) is 5.96. The maximum atomic E-state index is 12.6. The van der Waals surface area contributed by atoms with Crippen LogP contribution < -0.4 is 10.6 Å². The van der Waals surface area contributed by atoms with Gasteiger partial charge in [-0.3, -0.25) is 4.79 Å². The first-order valence-corrected chi connectivity index (χ1v) is 8.84. The number of esters is 1. The van der Waals surface area contributed by atoms with Gasteiger partial charge < -0.3 is 15.4 Å². The van der Waals surface area contributed by atoms with Crippen molar-refractivity contribution in [3.05, 3.63) is 47.8 Å². The number of ether oxygens (including phenoxy) is 1. The predicted octanol–water partition coefficient (Wildman–Crippen LogP) is 1.24. The fourth-order valence-electron chi connectivity index (χ4n) is 2.98. The molecular formula is C18H23N5O3. The number of nitrogens with zero attached hydrogens (tertiary/aromatic N) is 3. The van der Waals surface area contributed by atoms with E-state index in [0.29, 0.717) is 5.56 Å². The first-order chi connectivity index (χ1) is 12.7. The molecule has 0 unspecified atom stereocenters. The molecule has 138 valence electrons. The molecule has 26 heavy (non-hydrogen) atoms. The van der Waals surface area contributed by atoms with Gasteiger partial charge in [0.1, 0.15) is 0 Å². The van der Waals surface area contributed by atoms with E-state index in [1.807, 2.05) is 6.07 Å². The van der Waals surface area contributed by atoms with Crippen molar-refractivity contribution in [2.45, 2.75) is 31.8 Å². The summed E-state index contributed by atoms with van der Waals surface area (Å²) in [6.45, 7) is 3.81. The fourth-order valence-corrected chi connectivity index (χ4v) is 2.98. The van der Waals surface area contributed by atoms with Gasteiger partial charge in [0.15, 0.2) is 11.7 Å². The van der Waals surface area contributed by atoms with Crippen molar-refractivity contribution in [2.75, 3.05) is 19.7 Å². The van der Waals surface area contributed by atoms with Crippen LogP contribution in [0.25, 0.3) is 0 Å². The van der Waals surface area contributed by atoms with Gasteiger partial charge in [0.25, 0.3) is 5.91 Å². The summed E-state index contributed by atoms with van der Waals surface area (Å²) in [5.41, 5.74) is 0.846. The molecule has 1 aromatic heterocycles. The molecular weight excluding hydrogens is 334 g/mol. The molecule has 1 aliphatic heterocycles. The zero-order valence-electron chi connectivity index (χ0n) is 14.7. The highest BCUT2D eigenvalue weighted by molar-refractivity contribution is 5.95. The predicted molar refractivity (Wildman–Crippen MR) is 94.4 cm³/mol. The second-order valence-electron chi connectivity index (χ2n) is 6.13. The number of amides is 1. The van der Waals surface area contributed by atoms with E-state index in [1.165, 1.54) is 0 Å². The van der Waals surface area contributed by atoms with E-state index < -0.39 is 17.9 Å². The topological polar surface area (TPSA) is 98.1 Å². The largest absolute Gasteiger partial charge is 0.464 e. The zero-order chi connectivity index (χ0) is 18.4. The van der Waals surface area contributed by atoms with Crippen molar-refractivity contribution in [2.24, 2.45) is 0 Å². The molecule has 2 heterocycles. The lowest BCUT2D eigenvalue weighted by atomic mass is 10.1. The third-order valence-corrected chi connectivity index (χ3v) is 4.36. The molecule has 1 aromatic carbocycles. The molecule has 1 atom stereocenters. The fraction of sp³-hybridized carbons (Fsp3) is 0.444. The number of carbonyl (C=O) groups excluding carboxylic acids is 2. The van der Waals surface area contributed by atoms with Gasteiger partial charge in [0.2, 0.25) is 0 Å². The van der Waals surface area contributed by atoms with Crippen LogP contribution in [0.1, 0.15) is 47.9 Å². The van der Waals surface area contributed by atoms with Crippen LogP contribution >= 0.6 is 0 Å². The Hall–Kier alpha value is -2.74. The number of carbonyl (C=O) groups is 2. The molecule has 0 aliphatic carbocycles. The van der Waals surface area contributed by atoms with Gasteiger partial charge in [0, 0.05) is 0 Å². The summed E-state index contributed by atoms with van der Waals surface area (Å²) in [5, 5.41) is 14.1. The first-order valence-electron chi connectivity index (χ1n) is 8.84. The van der Waals surface area contributed by atoms with E-state index in [9.17, 15) is 9.59 Å². The number of aromatic nitrogens is 3. The van der Waals surface area contributed by atoms with Crippen molar-refractivity contribution < 1.29 is 14.3 Å². The molecule has 8 nitrogen and oxygen atoms in total. The minimum atomic E-state index is -0.882. The zero-order valence-corrected chi connectivity index (χ0v) is 14.7. The molecule has 1 fully saturated rings. The second-order valence-corrected chi connectivity index (χ2v) is 6.13. The summed E-state index contributed by atoms with van der Waals surface area (Å²) >= 11 is 0. The first kappa shape index (κ1) is 18.1. The van der Waals surface area contributed by atoms with Crippen LogP contribution in [0.15, 0.2) is 36.5 Å². The van der Waals surface area contributed by atoms with Gasteiger partial charge in [-0.05, 0) is 38.4 Å². The molecule has 1 amide bonds. The normalized spacial score (nSPS) is 16.0. The maximum Gasteiger partial charge on any atom is 0.333 e. The maximum absolute atomic E-state index is 12.6. The van der Waals surface area contributed by atoms with Crippen LogP contribution in [0.4, 0.5) is 0 Å².